The summed E-state index contributed by atoms with van der Waals surface area (Å²) in [5, 5.41) is 2.82. The van der Waals surface area contributed by atoms with E-state index in [2.05, 4.69) is 5.32 Å². The van der Waals surface area contributed by atoms with Gasteiger partial charge in [-0.2, -0.15) is 0 Å². The van der Waals surface area contributed by atoms with Gasteiger partial charge in [-0.1, -0.05) is 48.5 Å². The minimum atomic E-state index is -0.638. The van der Waals surface area contributed by atoms with E-state index in [0.717, 1.165) is 12.8 Å². The molecule has 1 N–H and O–H groups in total. The van der Waals surface area contributed by atoms with Crippen molar-refractivity contribution in [3.8, 4) is 5.75 Å². The number of methoxy groups -OCH3 is 1. The minimum Gasteiger partial charge on any atom is -0.496 e. The fourth-order valence-corrected chi connectivity index (χ4v) is 2.94. The minimum absolute atomic E-state index is 0.0739. The van der Waals surface area contributed by atoms with Crippen molar-refractivity contribution in [2.24, 2.45) is 0 Å². The fourth-order valence-electron chi connectivity index (χ4n) is 2.94. The summed E-state index contributed by atoms with van der Waals surface area (Å²) in [7, 11) is 3.06. The maximum atomic E-state index is 12.9. The number of rotatable bonds is 9. The Balaban J connectivity index is 1.69. The standard InChI is InChI=1S/C24H26N2O5/c1-26(15-22(27)25-19-12-13-19)23(28)16-31-24(29)20(17-8-4-3-5-9-17)14-18-10-6-7-11-21(18)30-2/h3-11,14,19H,12-13,15-16H2,1-2H3,(H,25,27)/b20-14+. The Kier molecular flexibility index (Phi) is 7.43. The largest absolute Gasteiger partial charge is 0.496 e. The molecule has 0 aromatic heterocycles. The average Bonchev–Trinajstić information content (AvgIpc) is 3.60. The Morgan fingerprint density at radius 2 is 1.74 bits per heavy atom. The first kappa shape index (κ1) is 22.1. The summed E-state index contributed by atoms with van der Waals surface area (Å²) < 4.78 is 10.7. The van der Waals surface area contributed by atoms with Crippen LogP contribution in [0.5, 0.6) is 5.75 Å². The molecular weight excluding hydrogens is 396 g/mol. The normalized spacial score (nSPS) is 13.3. The Bertz CT molecular complexity index is 967. The Labute approximate surface area is 181 Å². The van der Waals surface area contributed by atoms with Gasteiger partial charge in [-0.3, -0.25) is 9.59 Å². The number of hydrogen-bond donors (Lipinski definition) is 1. The predicted octanol–water partition coefficient (Wildman–Crippen LogP) is 2.52. The molecule has 31 heavy (non-hydrogen) atoms. The SMILES string of the molecule is COc1ccccc1/C=C(/C(=O)OCC(=O)N(C)CC(=O)NC1CC1)c1ccccc1. The van der Waals surface area contributed by atoms with E-state index in [4.69, 9.17) is 9.47 Å². The average molecular weight is 422 g/mol. The van der Waals surface area contributed by atoms with E-state index in [1.165, 1.54) is 11.9 Å². The van der Waals surface area contributed by atoms with Gasteiger partial charge >= 0.3 is 5.97 Å². The molecule has 0 heterocycles. The van der Waals surface area contributed by atoms with Crippen LogP contribution in [0, 0.1) is 0 Å². The van der Waals surface area contributed by atoms with E-state index < -0.39 is 18.5 Å². The molecule has 0 radical (unpaired) electrons. The molecule has 0 unspecified atom stereocenters. The second-order valence-corrected chi connectivity index (χ2v) is 7.33. The lowest BCUT2D eigenvalue weighted by Gasteiger charge is -2.17. The van der Waals surface area contributed by atoms with Gasteiger partial charge in [0.2, 0.25) is 5.91 Å². The highest BCUT2D eigenvalue weighted by molar-refractivity contribution is 6.22. The van der Waals surface area contributed by atoms with Crippen molar-refractivity contribution in [2.45, 2.75) is 18.9 Å². The third-order valence-corrected chi connectivity index (χ3v) is 4.82. The smallest absolute Gasteiger partial charge is 0.339 e. The molecule has 7 heteroatoms. The van der Waals surface area contributed by atoms with Crippen LogP contribution >= 0.6 is 0 Å². The van der Waals surface area contributed by atoms with Crippen molar-refractivity contribution in [1.82, 2.24) is 10.2 Å². The zero-order valence-electron chi connectivity index (χ0n) is 17.7. The molecule has 1 saturated carbocycles. The Morgan fingerprint density at radius 3 is 2.42 bits per heavy atom. The van der Waals surface area contributed by atoms with E-state index in [0.29, 0.717) is 22.4 Å². The van der Waals surface area contributed by atoms with Crippen LogP contribution in [0.1, 0.15) is 24.0 Å². The van der Waals surface area contributed by atoms with Crippen molar-refractivity contribution in [2.75, 3.05) is 27.3 Å². The number of hydrogen-bond acceptors (Lipinski definition) is 5. The highest BCUT2D eigenvalue weighted by atomic mass is 16.5. The third-order valence-electron chi connectivity index (χ3n) is 4.82. The van der Waals surface area contributed by atoms with Crippen LogP contribution in [0.2, 0.25) is 0 Å². The predicted molar refractivity (Wildman–Crippen MR) is 117 cm³/mol. The second-order valence-electron chi connectivity index (χ2n) is 7.33. The molecule has 0 spiro atoms. The Hall–Kier alpha value is -3.61. The summed E-state index contributed by atoms with van der Waals surface area (Å²) in [5.41, 5.74) is 1.66. The molecule has 1 aliphatic rings. The van der Waals surface area contributed by atoms with Crippen LogP contribution in [-0.2, 0) is 19.1 Å². The summed E-state index contributed by atoms with van der Waals surface area (Å²) in [6.45, 7) is -0.530. The van der Waals surface area contributed by atoms with E-state index in [1.807, 2.05) is 36.4 Å². The molecule has 2 amide bonds. The number of benzene rings is 2. The van der Waals surface area contributed by atoms with Crippen molar-refractivity contribution in [1.29, 1.82) is 0 Å². The molecule has 1 fully saturated rings. The summed E-state index contributed by atoms with van der Waals surface area (Å²) in [5.74, 6) is -0.697. The van der Waals surface area contributed by atoms with Gasteiger partial charge in [0.15, 0.2) is 6.61 Å². The van der Waals surface area contributed by atoms with Crippen LogP contribution < -0.4 is 10.1 Å². The molecule has 1 aliphatic carbocycles. The second kappa shape index (κ2) is 10.4. The van der Waals surface area contributed by atoms with Crippen LogP contribution in [0.3, 0.4) is 0 Å². The highest BCUT2D eigenvalue weighted by Crippen LogP contribution is 2.25. The molecule has 2 aromatic carbocycles. The van der Waals surface area contributed by atoms with Crippen molar-refractivity contribution < 1.29 is 23.9 Å². The maximum absolute atomic E-state index is 12.9. The number of amides is 2. The van der Waals surface area contributed by atoms with Gasteiger partial charge < -0.3 is 19.7 Å². The van der Waals surface area contributed by atoms with Gasteiger partial charge in [-0.05, 0) is 30.5 Å². The first-order valence-corrected chi connectivity index (χ1v) is 10.1. The van der Waals surface area contributed by atoms with Gasteiger partial charge in [0.1, 0.15) is 5.75 Å². The number of nitrogens with zero attached hydrogens (tertiary/aromatic N) is 1. The first-order valence-electron chi connectivity index (χ1n) is 10.1. The van der Waals surface area contributed by atoms with Gasteiger partial charge in [-0.15, -0.1) is 0 Å². The molecule has 7 nitrogen and oxygen atoms in total. The van der Waals surface area contributed by atoms with Crippen LogP contribution in [-0.4, -0.2) is 56.0 Å². The number of carbonyl (C=O) groups is 3. The van der Waals surface area contributed by atoms with E-state index in [-0.39, 0.29) is 18.5 Å². The third kappa shape index (κ3) is 6.44. The number of likely N-dealkylation sites (N-methyl/N-ethyl adjacent to an activating group) is 1. The molecule has 0 aliphatic heterocycles. The van der Waals surface area contributed by atoms with Gasteiger partial charge in [-0.25, -0.2) is 4.79 Å². The zero-order chi connectivity index (χ0) is 22.2. The maximum Gasteiger partial charge on any atom is 0.339 e. The summed E-state index contributed by atoms with van der Waals surface area (Å²) in [6, 6.07) is 16.6. The molecule has 0 bridgehead atoms. The molecule has 0 saturated heterocycles. The zero-order valence-corrected chi connectivity index (χ0v) is 17.7. The summed E-state index contributed by atoms with van der Waals surface area (Å²) in [6.07, 6.45) is 3.62. The van der Waals surface area contributed by atoms with E-state index in [9.17, 15) is 14.4 Å². The first-order chi connectivity index (χ1) is 15.0. The van der Waals surface area contributed by atoms with E-state index in [1.54, 1.807) is 31.4 Å². The number of ether oxygens (including phenoxy) is 2. The van der Waals surface area contributed by atoms with Gasteiger partial charge in [0.05, 0.1) is 19.2 Å². The molecular formula is C24H26N2O5. The molecule has 2 aromatic rings. The Morgan fingerprint density at radius 1 is 1.06 bits per heavy atom. The van der Waals surface area contributed by atoms with Crippen molar-refractivity contribution >= 4 is 29.4 Å². The lowest BCUT2D eigenvalue weighted by Crippen LogP contribution is -2.40. The molecule has 162 valence electrons. The summed E-state index contributed by atoms with van der Waals surface area (Å²) in [4.78, 5) is 38.3. The van der Waals surface area contributed by atoms with Gasteiger partial charge in [0.25, 0.3) is 5.91 Å². The number of para-hydroxylation sites is 1. The number of carbonyl (C=O) groups excluding carboxylic acids is 3. The molecule has 3 rings (SSSR count). The van der Waals surface area contributed by atoms with Crippen LogP contribution in [0.25, 0.3) is 11.6 Å². The van der Waals surface area contributed by atoms with E-state index >= 15 is 0 Å². The van der Waals surface area contributed by atoms with Crippen LogP contribution in [0.4, 0.5) is 0 Å². The van der Waals surface area contributed by atoms with Crippen LogP contribution in [0.15, 0.2) is 54.6 Å². The number of nitrogens with one attached hydrogen (secondary N) is 1. The summed E-state index contributed by atoms with van der Waals surface area (Å²) >= 11 is 0. The van der Waals surface area contributed by atoms with Gasteiger partial charge in [0, 0.05) is 18.7 Å². The lowest BCUT2D eigenvalue weighted by atomic mass is 10.0. The molecule has 0 atom stereocenters. The van der Waals surface area contributed by atoms with Crippen molar-refractivity contribution in [3.05, 3.63) is 65.7 Å². The lowest BCUT2D eigenvalue weighted by molar-refractivity contribution is -0.147. The monoisotopic (exact) mass is 422 g/mol. The fraction of sp³-hybridized carbons (Fsp3) is 0.292. The number of esters is 1. The quantitative estimate of drug-likeness (QED) is 0.381. The topological polar surface area (TPSA) is 84.9 Å². The highest BCUT2D eigenvalue weighted by Gasteiger charge is 2.25. The van der Waals surface area contributed by atoms with Crippen molar-refractivity contribution in [3.63, 3.8) is 0 Å².